The molecule has 0 aliphatic carbocycles. The first-order valence-electron chi connectivity index (χ1n) is 3.50. The summed E-state index contributed by atoms with van der Waals surface area (Å²) in [6.07, 6.45) is 5.51. The van der Waals surface area contributed by atoms with Gasteiger partial charge < -0.3 is 4.98 Å². The van der Waals surface area contributed by atoms with Crippen molar-refractivity contribution in [2.75, 3.05) is 0 Å². The highest BCUT2D eigenvalue weighted by Crippen LogP contribution is 2.13. The van der Waals surface area contributed by atoms with E-state index in [9.17, 15) is 0 Å². The Labute approximate surface area is 64.9 Å². The summed E-state index contributed by atoms with van der Waals surface area (Å²) >= 11 is 0. The van der Waals surface area contributed by atoms with Gasteiger partial charge in [-0.05, 0) is 24.3 Å². The average Bonchev–Trinajstić information content (AvgIpc) is 2.58. The number of pyridine rings is 1. The fraction of sp³-hybridized carbons (Fsp3) is 0. The van der Waals surface area contributed by atoms with Crippen molar-refractivity contribution in [3.05, 3.63) is 42.9 Å². The fourth-order valence-electron chi connectivity index (χ4n) is 1.03. The molecular weight excluding hydrogens is 136 g/mol. The van der Waals surface area contributed by atoms with Crippen LogP contribution in [-0.4, -0.2) is 9.97 Å². The molecule has 0 fully saturated rings. The highest BCUT2D eigenvalue weighted by Gasteiger charge is 1.93. The van der Waals surface area contributed by atoms with Crippen molar-refractivity contribution in [2.24, 2.45) is 0 Å². The number of nitrogens with one attached hydrogen (secondary N) is 1. The number of aromatic nitrogens is 2. The van der Waals surface area contributed by atoms with Crippen LogP contribution in [0.4, 0.5) is 0 Å². The predicted molar refractivity (Wildman–Crippen MR) is 44.0 cm³/mol. The van der Waals surface area contributed by atoms with Gasteiger partial charge >= 0.3 is 0 Å². The highest BCUT2D eigenvalue weighted by molar-refractivity contribution is 5.57. The maximum atomic E-state index is 4.02. The molecule has 0 saturated carbocycles. The van der Waals surface area contributed by atoms with Gasteiger partial charge in [0.05, 0.1) is 0 Å². The molecule has 0 aromatic carbocycles. The van der Waals surface area contributed by atoms with Crippen LogP contribution in [0, 0.1) is 0 Å². The quantitative estimate of drug-likeness (QED) is 0.652. The Kier molecular flexibility index (Phi) is 1.44. The summed E-state index contributed by atoms with van der Waals surface area (Å²) in [5.41, 5.74) is 2.23. The van der Waals surface area contributed by atoms with Crippen molar-refractivity contribution in [1.29, 1.82) is 0 Å². The van der Waals surface area contributed by atoms with Gasteiger partial charge in [0.2, 0.25) is 0 Å². The molecule has 54 valence electrons. The smallest absolute Gasteiger partial charge is 0.0469 e. The van der Waals surface area contributed by atoms with E-state index in [1.165, 1.54) is 0 Å². The average molecular weight is 144 g/mol. The maximum absolute atomic E-state index is 4.02. The molecule has 2 heteroatoms. The number of nitrogens with zero attached hydrogens (tertiary/aromatic N) is 1. The molecule has 0 aliphatic rings. The Morgan fingerprint density at radius 3 is 2.82 bits per heavy atom. The molecule has 2 aromatic heterocycles. The maximum Gasteiger partial charge on any atom is 0.0469 e. The topological polar surface area (TPSA) is 28.7 Å². The van der Waals surface area contributed by atoms with Crippen LogP contribution in [0.1, 0.15) is 0 Å². The molecule has 0 amide bonds. The van der Waals surface area contributed by atoms with Crippen LogP contribution in [0.5, 0.6) is 0 Å². The third kappa shape index (κ3) is 1.15. The van der Waals surface area contributed by atoms with Gasteiger partial charge in [0.1, 0.15) is 0 Å². The molecule has 1 N–H and O–H groups in total. The summed E-state index contributed by atoms with van der Waals surface area (Å²) in [7, 11) is 0. The largest absolute Gasteiger partial charge is 0.361 e. The molecule has 2 heterocycles. The Balaban J connectivity index is 2.46. The highest BCUT2D eigenvalue weighted by atomic mass is 14.7. The summed E-state index contributed by atoms with van der Waals surface area (Å²) in [5.74, 6) is 0. The summed E-state index contributed by atoms with van der Waals surface area (Å²) < 4.78 is 0. The van der Waals surface area contributed by atoms with E-state index in [4.69, 9.17) is 0 Å². The zero-order valence-corrected chi connectivity index (χ0v) is 5.99. The van der Waals surface area contributed by atoms with E-state index in [0.29, 0.717) is 0 Å². The van der Waals surface area contributed by atoms with Crippen molar-refractivity contribution in [3.63, 3.8) is 0 Å². The van der Waals surface area contributed by atoms with Crippen molar-refractivity contribution in [3.8, 4) is 11.3 Å². The minimum Gasteiger partial charge on any atom is -0.361 e. The van der Waals surface area contributed by atoms with E-state index in [1.807, 2.05) is 36.7 Å². The molecular formula is C9H8N2. The summed E-state index contributed by atoms with van der Waals surface area (Å²) in [4.78, 5) is 7.13. The Hall–Kier alpha value is -1.57. The molecule has 0 spiro atoms. The van der Waals surface area contributed by atoms with Gasteiger partial charge in [-0.2, -0.15) is 0 Å². The van der Waals surface area contributed by atoms with Gasteiger partial charge in [0, 0.05) is 29.8 Å². The minimum absolute atomic E-state index is 1.11. The Morgan fingerprint density at radius 1 is 1.18 bits per heavy atom. The van der Waals surface area contributed by atoms with Crippen molar-refractivity contribution in [1.82, 2.24) is 9.97 Å². The molecule has 0 aliphatic heterocycles. The predicted octanol–water partition coefficient (Wildman–Crippen LogP) is 2.08. The van der Waals surface area contributed by atoms with Gasteiger partial charge in [-0.15, -0.1) is 0 Å². The normalized spacial score (nSPS) is 9.82. The third-order valence-electron chi connectivity index (χ3n) is 1.57. The van der Waals surface area contributed by atoms with Crippen LogP contribution in [0.15, 0.2) is 42.9 Å². The molecule has 11 heavy (non-hydrogen) atoms. The van der Waals surface area contributed by atoms with Gasteiger partial charge in [-0.1, -0.05) is 0 Å². The molecule has 0 saturated heterocycles. The fourth-order valence-corrected chi connectivity index (χ4v) is 1.03. The van der Waals surface area contributed by atoms with Crippen LogP contribution in [-0.2, 0) is 0 Å². The van der Waals surface area contributed by atoms with E-state index in [0.717, 1.165) is 11.3 Å². The first kappa shape index (κ1) is 6.16. The monoisotopic (exact) mass is 144 g/mol. The second-order valence-electron chi connectivity index (χ2n) is 2.33. The van der Waals surface area contributed by atoms with E-state index >= 15 is 0 Å². The van der Waals surface area contributed by atoms with E-state index in [-0.39, 0.29) is 0 Å². The first-order chi connectivity index (χ1) is 5.47. The van der Waals surface area contributed by atoms with E-state index < -0.39 is 0 Å². The number of hydrogen-bond acceptors (Lipinski definition) is 1. The molecule has 0 unspecified atom stereocenters. The standard InChI is InChI=1S/C9H8N2/c1-3-8(7-10-5-1)9-4-2-6-11-9/h1-7,11H. The summed E-state index contributed by atoms with van der Waals surface area (Å²) in [6, 6.07) is 7.95. The number of H-pyrrole nitrogens is 1. The Bertz CT molecular complexity index is 311. The zero-order valence-electron chi connectivity index (χ0n) is 5.99. The molecule has 2 aromatic rings. The number of rotatable bonds is 1. The van der Waals surface area contributed by atoms with Gasteiger partial charge in [-0.25, -0.2) is 0 Å². The summed E-state index contributed by atoms with van der Waals surface area (Å²) in [5, 5.41) is 0. The van der Waals surface area contributed by atoms with Crippen LogP contribution in [0.3, 0.4) is 0 Å². The third-order valence-corrected chi connectivity index (χ3v) is 1.57. The first-order valence-corrected chi connectivity index (χ1v) is 3.50. The minimum atomic E-state index is 1.11. The molecule has 2 rings (SSSR count). The lowest BCUT2D eigenvalue weighted by molar-refractivity contribution is 1.31. The van der Waals surface area contributed by atoms with Crippen molar-refractivity contribution in [2.45, 2.75) is 0 Å². The lowest BCUT2D eigenvalue weighted by Crippen LogP contribution is -1.76. The lowest BCUT2D eigenvalue weighted by atomic mass is 10.2. The number of aromatic amines is 1. The second kappa shape index (κ2) is 2.58. The van der Waals surface area contributed by atoms with Crippen molar-refractivity contribution < 1.29 is 0 Å². The molecule has 2 nitrogen and oxygen atoms in total. The molecule has 0 radical (unpaired) electrons. The van der Waals surface area contributed by atoms with Crippen LogP contribution in [0.25, 0.3) is 11.3 Å². The molecule has 0 bridgehead atoms. The van der Waals surface area contributed by atoms with Crippen molar-refractivity contribution >= 4 is 0 Å². The van der Waals surface area contributed by atoms with Crippen LogP contribution < -0.4 is 0 Å². The van der Waals surface area contributed by atoms with Gasteiger partial charge in [-0.3, -0.25) is 4.98 Å². The number of hydrogen-bond donors (Lipinski definition) is 1. The lowest BCUT2D eigenvalue weighted by Gasteiger charge is -1.93. The van der Waals surface area contributed by atoms with Gasteiger partial charge in [0.25, 0.3) is 0 Å². The zero-order chi connectivity index (χ0) is 7.52. The van der Waals surface area contributed by atoms with Crippen LogP contribution in [0.2, 0.25) is 0 Å². The molecule has 0 atom stereocenters. The van der Waals surface area contributed by atoms with E-state index in [2.05, 4.69) is 9.97 Å². The summed E-state index contributed by atoms with van der Waals surface area (Å²) in [6.45, 7) is 0. The van der Waals surface area contributed by atoms with E-state index in [1.54, 1.807) is 6.20 Å². The van der Waals surface area contributed by atoms with Crippen LogP contribution >= 0.6 is 0 Å². The SMILES string of the molecule is c1cncc(-c2ccc[nH]2)c1. The Morgan fingerprint density at radius 2 is 2.18 bits per heavy atom. The van der Waals surface area contributed by atoms with Gasteiger partial charge in [0.15, 0.2) is 0 Å². The second-order valence-corrected chi connectivity index (χ2v) is 2.33.